The number of hydrogen-bond acceptors (Lipinski definition) is 5. The molecule has 6 nitrogen and oxygen atoms in total. The van der Waals surface area contributed by atoms with Crippen LogP contribution in [0.4, 0.5) is 0 Å². The summed E-state index contributed by atoms with van der Waals surface area (Å²) in [6, 6.07) is 14.2. The number of aromatic nitrogens is 3. The molecule has 0 aliphatic rings. The Morgan fingerprint density at radius 2 is 1.77 bits per heavy atom. The predicted molar refractivity (Wildman–Crippen MR) is 101 cm³/mol. The van der Waals surface area contributed by atoms with Crippen molar-refractivity contribution in [2.24, 2.45) is 7.05 Å². The van der Waals surface area contributed by atoms with Gasteiger partial charge in [-0.05, 0) is 13.0 Å². The van der Waals surface area contributed by atoms with Gasteiger partial charge >= 0.3 is 0 Å². The van der Waals surface area contributed by atoms with Crippen LogP contribution in [0.1, 0.15) is 16.8 Å². The number of rotatable bonds is 7. The Bertz CT molecular complexity index is 872. The van der Waals surface area contributed by atoms with Crippen LogP contribution >= 0.6 is 0 Å². The molecule has 2 aromatic carbocycles. The molecule has 3 rings (SSSR count). The molecular formula is C20H24N4O2. The summed E-state index contributed by atoms with van der Waals surface area (Å²) in [5, 5.41) is 12.0. The Morgan fingerprint density at radius 3 is 2.46 bits per heavy atom. The summed E-state index contributed by atoms with van der Waals surface area (Å²) in [4.78, 5) is 0. The minimum Gasteiger partial charge on any atom is -0.497 e. The summed E-state index contributed by atoms with van der Waals surface area (Å²) in [5.41, 5.74) is 5.31. The zero-order chi connectivity index (χ0) is 18.5. The summed E-state index contributed by atoms with van der Waals surface area (Å²) in [6.07, 6.45) is 0. The van der Waals surface area contributed by atoms with Gasteiger partial charge in [0.2, 0.25) is 0 Å². The molecule has 0 unspecified atom stereocenters. The van der Waals surface area contributed by atoms with Crippen molar-refractivity contribution >= 4 is 0 Å². The van der Waals surface area contributed by atoms with E-state index in [9.17, 15) is 0 Å². The Hall–Kier alpha value is -2.86. The van der Waals surface area contributed by atoms with Crippen molar-refractivity contribution in [3.05, 3.63) is 59.3 Å². The highest BCUT2D eigenvalue weighted by Crippen LogP contribution is 2.25. The highest BCUT2D eigenvalue weighted by molar-refractivity contribution is 5.61. The average Bonchev–Trinajstić information content (AvgIpc) is 3.03. The largest absolute Gasteiger partial charge is 0.497 e. The lowest BCUT2D eigenvalue weighted by atomic mass is 10.1. The molecule has 0 aliphatic carbocycles. The van der Waals surface area contributed by atoms with Gasteiger partial charge in [-0.15, -0.1) is 5.10 Å². The summed E-state index contributed by atoms with van der Waals surface area (Å²) >= 11 is 0. The topological polar surface area (TPSA) is 61.2 Å². The maximum Gasteiger partial charge on any atom is 0.127 e. The molecule has 0 bridgehead atoms. The zero-order valence-electron chi connectivity index (χ0n) is 15.6. The van der Waals surface area contributed by atoms with Crippen LogP contribution in [0.2, 0.25) is 0 Å². The first-order valence-corrected chi connectivity index (χ1v) is 8.49. The summed E-state index contributed by atoms with van der Waals surface area (Å²) in [7, 11) is 5.23. The van der Waals surface area contributed by atoms with Gasteiger partial charge in [0.25, 0.3) is 0 Å². The van der Waals surface area contributed by atoms with Gasteiger partial charge in [0.1, 0.15) is 17.2 Å². The molecule has 0 saturated carbocycles. The van der Waals surface area contributed by atoms with E-state index >= 15 is 0 Å². The minimum absolute atomic E-state index is 0.655. The fourth-order valence-electron chi connectivity index (χ4n) is 2.82. The van der Waals surface area contributed by atoms with Crippen molar-refractivity contribution in [2.45, 2.75) is 20.0 Å². The molecule has 0 amide bonds. The zero-order valence-corrected chi connectivity index (χ0v) is 15.6. The van der Waals surface area contributed by atoms with Crippen molar-refractivity contribution < 1.29 is 9.47 Å². The summed E-state index contributed by atoms with van der Waals surface area (Å²) in [5.74, 6) is 1.59. The Balaban J connectivity index is 1.73. The second-order valence-corrected chi connectivity index (χ2v) is 6.16. The van der Waals surface area contributed by atoms with E-state index in [2.05, 4.69) is 46.8 Å². The molecule has 0 radical (unpaired) electrons. The Morgan fingerprint density at radius 1 is 1.00 bits per heavy atom. The van der Waals surface area contributed by atoms with Crippen molar-refractivity contribution in [3.63, 3.8) is 0 Å². The third kappa shape index (κ3) is 3.86. The fourth-order valence-corrected chi connectivity index (χ4v) is 2.82. The molecule has 26 heavy (non-hydrogen) atoms. The van der Waals surface area contributed by atoms with E-state index in [1.54, 1.807) is 14.2 Å². The van der Waals surface area contributed by atoms with Crippen molar-refractivity contribution in [1.29, 1.82) is 0 Å². The fraction of sp³-hybridized carbons (Fsp3) is 0.300. The Labute approximate surface area is 153 Å². The van der Waals surface area contributed by atoms with Crippen molar-refractivity contribution in [2.75, 3.05) is 14.2 Å². The lowest BCUT2D eigenvalue weighted by molar-refractivity contribution is 0.389. The number of nitrogens with one attached hydrogen (secondary N) is 1. The third-order valence-electron chi connectivity index (χ3n) is 4.37. The number of methoxy groups -OCH3 is 2. The predicted octanol–water partition coefficient (Wildman–Crippen LogP) is 3.10. The number of ether oxygens (including phenoxy) is 2. The van der Waals surface area contributed by atoms with Gasteiger partial charge in [-0.1, -0.05) is 41.1 Å². The van der Waals surface area contributed by atoms with Crippen LogP contribution in [0.3, 0.4) is 0 Å². The van der Waals surface area contributed by atoms with Gasteiger partial charge < -0.3 is 14.8 Å². The highest BCUT2D eigenvalue weighted by Gasteiger charge is 2.13. The van der Waals surface area contributed by atoms with E-state index < -0.39 is 0 Å². The van der Waals surface area contributed by atoms with Crippen LogP contribution < -0.4 is 14.8 Å². The second-order valence-electron chi connectivity index (χ2n) is 6.16. The van der Waals surface area contributed by atoms with Gasteiger partial charge in [-0.2, -0.15) is 0 Å². The number of hydrogen-bond donors (Lipinski definition) is 1. The molecule has 0 aliphatic heterocycles. The van der Waals surface area contributed by atoms with Crippen LogP contribution in [0, 0.1) is 6.92 Å². The number of benzene rings is 2. The van der Waals surface area contributed by atoms with E-state index in [0.29, 0.717) is 13.1 Å². The van der Waals surface area contributed by atoms with Crippen molar-refractivity contribution in [1.82, 2.24) is 20.3 Å². The quantitative estimate of drug-likeness (QED) is 0.708. The second kappa shape index (κ2) is 8.01. The maximum atomic E-state index is 5.45. The SMILES string of the molecule is COc1ccc(CNCc2c(-c3ccc(C)cc3)nnn2C)c(OC)c1. The van der Waals surface area contributed by atoms with Gasteiger partial charge in [0, 0.05) is 37.3 Å². The maximum absolute atomic E-state index is 5.45. The first kappa shape index (κ1) is 17.9. The lowest BCUT2D eigenvalue weighted by Crippen LogP contribution is -2.16. The number of aryl methyl sites for hydroxylation is 2. The van der Waals surface area contributed by atoms with E-state index in [-0.39, 0.29) is 0 Å². The molecule has 1 aromatic heterocycles. The van der Waals surface area contributed by atoms with Crippen LogP contribution in [0.15, 0.2) is 42.5 Å². The van der Waals surface area contributed by atoms with E-state index in [4.69, 9.17) is 9.47 Å². The molecule has 136 valence electrons. The van der Waals surface area contributed by atoms with Crippen LogP contribution in [-0.4, -0.2) is 29.2 Å². The minimum atomic E-state index is 0.655. The normalized spacial score (nSPS) is 10.8. The lowest BCUT2D eigenvalue weighted by Gasteiger charge is -2.12. The van der Waals surface area contributed by atoms with Crippen LogP contribution in [0.25, 0.3) is 11.3 Å². The highest BCUT2D eigenvalue weighted by atomic mass is 16.5. The van der Waals surface area contributed by atoms with E-state index in [0.717, 1.165) is 34.0 Å². The standard InChI is InChI=1S/C20H24N4O2/c1-14-5-7-15(8-6-14)20-18(24(2)23-22-20)13-21-12-16-9-10-17(25-3)11-19(16)26-4/h5-11,21H,12-13H2,1-4H3. The van der Waals surface area contributed by atoms with Gasteiger partial charge in [-0.25, -0.2) is 0 Å². The molecule has 0 fully saturated rings. The number of nitrogens with zero attached hydrogens (tertiary/aromatic N) is 3. The molecule has 3 aromatic rings. The van der Waals surface area contributed by atoms with Gasteiger partial charge in [0.05, 0.1) is 19.9 Å². The summed E-state index contributed by atoms with van der Waals surface area (Å²) < 4.78 is 12.5. The third-order valence-corrected chi connectivity index (χ3v) is 4.37. The molecule has 6 heteroatoms. The molecule has 1 heterocycles. The Kier molecular flexibility index (Phi) is 5.53. The van der Waals surface area contributed by atoms with Crippen molar-refractivity contribution in [3.8, 4) is 22.8 Å². The van der Waals surface area contributed by atoms with Crippen LogP contribution in [-0.2, 0) is 20.1 Å². The monoisotopic (exact) mass is 352 g/mol. The average molecular weight is 352 g/mol. The molecule has 1 N–H and O–H groups in total. The van der Waals surface area contributed by atoms with Gasteiger partial charge in [-0.3, -0.25) is 4.68 Å². The molecule has 0 saturated heterocycles. The summed E-state index contributed by atoms with van der Waals surface area (Å²) in [6.45, 7) is 3.40. The van der Waals surface area contributed by atoms with E-state index in [1.165, 1.54) is 5.56 Å². The molecule has 0 spiro atoms. The smallest absolute Gasteiger partial charge is 0.127 e. The first-order chi connectivity index (χ1) is 12.6. The molecular weight excluding hydrogens is 328 g/mol. The molecule has 0 atom stereocenters. The first-order valence-electron chi connectivity index (χ1n) is 8.49. The van der Waals surface area contributed by atoms with E-state index in [1.807, 2.05) is 29.9 Å². The van der Waals surface area contributed by atoms with Gasteiger partial charge in [0.15, 0.2) is 0 Å². The van der Waals surface area contributed by atoms with Crippen LogP contribution in [0.5, 0.6) is 11.5 Å².